The fourth-order valence-corrected chi connectivity index (χ4v) is 20.9. The zero-order chi connectivity index (χ0) is 51.9. The first-order valence-corrected chi connectivity index (χ1v) is 31.8. The van der Waals surface area contributed by atoms with E-state index in [2.05, 4.69) is 224 Å². The standard InChI is InChI=1S/C75H82BS/c1-74(2,3)49-37-56-54(44-23-11-7-12-24-44)41-55-51-32-20-19-25-45(51)35-36-52(55)68-58-43-60-59(42-57(58)65(61(38-49)69(56)68)46-26-13-8-14-27-46)66(47-28-15-9-16-29-47)62-39-50(75(4,5)6)40-63-67(48-30-17-10-18-31-48)71-53-33-21-22-34-64(53)77-73(71)76-72(60)70(62)63/h8-11,13-17,19-23,25-30,32-34,39-40,42-44,49,52,54-55,59-61,63,65-68,70-73H,7,12,18,24,31,35-38,41H2,1-6H3/t44?,49?,52?,54?,55?,59?,60?,61?,63?,65?,66?,67-,68?,70?,71?,72?,73?/m0/s1. The van der Waals surface area contributed by atoms with Crippen LogP contribution in [0.15, 0.2) is 208 Å². The van der Waals surface area contributed by atoms with Crippen molar-refractivity contribution in [2.75, 3.05) is 0 Å². The van der Waals surface area contributed by atoms with Crippen LogP contribution in [0.1, 0.15) is 151 Å². The van der Waals surface area contributed by atoms with Crippen molar-refractivity contribution < 1.29 is 0 Å². The normalized spacial score (nSPS) is 37.4. The monoisotopic (exact) mass is 1030 g/mol. The van der Waals surface area contributed by atoms with E-state index in [1.165, 1.54) is 68.2 Å². The van der Waals surface area contributed by atoms with Crippen molar-refractivity contribution in [2.45, 2.75) is 145 Å². The highest BCUT2D eigenvalue weighted by atomic mass is 32.2. The Bertz CT molecular complexity index is 3230. The van der Waals surface area contributed by atoms with Crippen molar-refractivity contribution in [2.24, 2.45) is 75.9 Å². The Morgan fingerprint density at radius 3 is 2.06 bits per heavy atom. The Balaban J connectivity index is 1.00. The van der Waals surface area contributed by atoms with Crippen LogP contribution in [0.4, 0.5) is 0 Å². The minimum Gasteiger partial charge on any atom is -0.131 e. The molecule has 0 amide bonds. The molecular formula is C75H82BS. The van der Waals surface area contributed by atoms with Crippen LogP contribution in [-0.2, 0) is 6.42 Å². The molecule has 77 heavy (non-hydrogen) atoms. The van der Waals surface area contributed by atoms with Crippen LogP contribution in [0, 0.1) is 75.9 Å². The van der Waals surface area contributed by atoms with Gasteiger partial charge in [0.2, 0.25) is 0 Å². The lowest BCUT2D eigenvalue weighted by molar-refractivity contribution is 0.160. The van der Waals surface area contributed by atoms with Crippen LogP contribution in [0.2, 0.25) is 5.82 Å². The SMILES string of the molecule is CC(C)(C)C1=CC2C3C(=C1)C(c1ccccc1)C1C=C4C(=CC1C3[B]C1Sc3ccccc3C1[C@H]2C1=CC=CCC1)C1C2=C(CC(C(C)(C)C)CC2C4c2ccccc2)C(C2C=CCCC2)CC2c3ccccc3CCC12. The van der Waals surface area contributed by atoms with Gasteiger partial charge in [0, 0.05) is 22.6 Å². The number of hydrogen-bond donors (Lipinski definition) is 0. The van der Waals surface area contributed by atoms with Gasteiger partial charge in [-0.1, -0.05) is 227 Å². The third kappa shape index (κ3) is 8.02. The first kappa shape index (κ1) is 49.3. The molecule has 0 N–H and O–H groups in total. The molecule has 11 aliphatic rings. The zero-order valence-electron chi connectivity index (χ0n) is 47.0. The summed E-state index contributed by atoms with van der Waals surface area (Å²) in [6.45, 7) is 15.3. The molecule has 17 atom stereocenters. The fourth-order valence-electron chi connectivity index (χ4n) is 19.4. The molecular weight excluding hydrogens is 944 g/mol. The van der Waals surface area contributed by atoms with E-state index in [9.17, 15) is 0 Å². The molecule has 1 saturated heterocycles. The molecule has 2 aliphatic heterocycles. The van der Waals surface area contributed by atoms with Gasteiger partial charge in [0.25, 0.3) is 0 Å². The van der Waals surface area contributed by atoms with E-state index < -0.39 is 0 Å². The second-order valence-electron chi connectivity index (χ2n) is 28.4. The van der Waals surface area contributed by atoms with Crippen molar-refractivity contribution in [3.63, 3.8) is 0 Å². The molecule has 2 heterocycles. The molecule has 0 aromatic heterocycles. The average Bonchev–Trinajstić information content (AvgIpc) is 3.94. The number of benzene rings is 4. The summed E-state index contributed by atoms with van der Waals surface area (Å²) in [5.74, 6) is 7.56. The van der Waals surface area contributed by atoms with Crippen molar-refractivity contribution in [3.05, 3.63) is 231 Å². The molecule has 391 valence electrons. The van der Waals surface area contributed by atoms with E-state index in [-0.39, 0.29) is 10.8 Å². The third-order valence-corrected chi connectivity index (χ3v) is 24.1. The molecule has 4 aromatic rings. The van der Waals surface area contributed by atoms with Gasteiger partial charge in [-0.2, -0.15) is 0 Å². The highest BCUT2D eigenvalue weighted by Gasteiger charge is 2.61. The van der Waals surface area contributed by atoms with Crippen LogP contribution >= 0.6 is 11.8 Å². The quantitative estimate of drug-likeness (QED) is 0.145. The number of aryl methyl sites for hydroxylation is 1. The number of allylic oxidation sites excluding steroid dienone is 16. The highest BCUT2D eigenvalue weighted by Crippen LogP contribution is 2.71. The summed E-state index contributed by atoms with van der Waals surface area (Å²) < 4.78 is 0. The van der Waals surface area contributed by atoms with E-state index in [1.54, 1.807) is 50.1 Å². The molecule has 15 rings (SSSR count). The van der Waals surface area contributed by atoms with Gasteiger partial charge in [0.05, 0.1) is 0 Å². The molecule has 0 nitrogen and oxygen atoms in total. The minimum absolute atomic E-state index is 0.0273. The summed E-state index contributed by atoms with van der Waals surface area (Å²) >= 11 is 2.22. The number of thioether (sulfide) groups is 1. The fraction of sp³-hybridized carbons (Fsp3) is 0.467. The van der Waals surface area contributed by atoms with Gasteiger partial charge >= 0.3 is 0 Å². The second kappa shape index (κ2) is 18.9. The summed E-state index contributed by atoms with van der Waals surface area (Å²) in [4.78, 5) is 1.53. The first-order chi connectivity index (χ1) is 37.5. The molecule has 16 unspecified atom stereocenters. The van der Waals surface area contributed by atoms with Crippen LogP contribution < -0.4 is 0 Å². The van der Waals surface area contributed by atoms with Gasteiger partial charge in [-0.3, -0.25) is 0 Å². The van der Waals surface area contributed by atoms with Crippen molar-refractivity contribution in [3.8, 4) is 0 Å². The van der Waals surface area contributed by atoms with Crippen LogP contribution in [0.3, 0.4) is 0 Å². The average molecular weight is 1030 g/mol. The third-order valence-electron chi connectivity index (χ3n) is 22.7. The molecule has 1 radical (unpaired) electrons. The number of fused-ring (bicyclic) bond motifs is 11. The van der Waals surface area contributed by atoms with E-state index in [0.717, 1.165) is 6.42 Å². The lowest BCUT2D eigenvalue weighted by atomic mass is 9.40. The van der Waals surface area contributed by atoms with E-state index >= 15 is 0 Å². The largest absolute Gasteiger partial charge is 0.134 e. The van der Waals surface area contributed by atoms with Crippen LogP contribution in [0.25, 0.3) is 0 Å². The zero-order valence-corrected chi connectivity index (χ0v) is 47.8. The predicted molar refractivity (Wildman–Crippen MR) is 324 cm³/mol. The van der Waals surface area contributed by atoms with Crippen LogP contribution in [0.5, 0.6) is 0 Å². The summed E-state index contributed by atoms with van der Waals surface area (Å²) in [6, 6.07) is 43.7. The van der Waals surface area contributed by atoms with Crippen molar-refractivity contribution in [1.82, 2.24) is 0 Å². The van der Waals surface area contributed by atoms with Crippen LogP contribution in [-0.4, -0.2) is 12.4 Å². The first-order valence-electron chi connectivity index (χ1n) is 30.9. The number of hydrogen-bond acceptors (Lipinski definition) is 1. The summed E-state index contributed by atoms with van der Waals surface area (Å²) in [7, 11) is 3.04. The Hall–Kier alpha value is -4.79. The number of rotatable bonds is 4. The molecule has 3 fully saturated rings. The smallest absolute Gasteiger partial charge is 0.131 e. The molecule has 0 bridgehead atoms. The van der Waals surface area contributed by atoms with Gasteiger partial charge in [0.15, 0.2) is 0 Å². The Labute approximate surface area is 468 Å². The lowest BCUT2D eigenvalue weighted by Gasteiger charge is -2.57. The maximum Gasteiger partial charge on any atom is 0.134 e. The Morgan fingerprint density at radius 1 is 0.597 bits per heavy atom. The van der Waals surface area contributed by atoms with E-state index in [0.29, 0.717) is 99.7 Å². The topological polar surface area (TPSA) is 0 Å². The molecule has 4 aromatic carbocycles. The van der Waals surface area contributed by atoms with E-state index in [1.807, 2.05) is 11.1 Å². The summed E-state index contributed by atoms with van der Waals surface area (Å²) in [5, 5.41) is 0.432. The predicted octanol–water partition coefficient (Wildman–Crippen LogP) is 19.1. The van der Waals surface area contributed by atoms with Gasteiger partial charge in [0.1, 0.15) is 7.28 Å². The summed E-state index contributed by atoms with van der Waals surface area (Å²) in [5.41, 5.74) is 20.7. The molecule has 2 saturated carbocycles. The van der Waals surface area contributed by atoms with Gasteiger partial charge in [-0.15, -0.1) is 11.8 Å². The lowest BCUT2D eigenvalue weighted by Crippen LogP contribution is -2.47. The summed E-state index contributed by atoms with van der Waals surface area (Å²) in [6.07, 6.45) is 37.3. The maximum atomic E-state index is 3.12. The molecule has 2 heteroatoms. The van der Waals surface area contributed by atoms with Gasteiger partial charge in [-0.25, -0.2) is 0 Å². The minimum atomic E-state index is 0.0273. The van der Waals surface area contributed by atoms with Gasteiger partial charge in [-0.05, 0) is 202 Å². The Kier molecular flexibility index (Phi) is 12.1. The Morgan fingerprint density at radius 2 is 1.32 bits per heavy atom. The van der Waals surface area contributed by atoms with Gasteiger partial charge < -0.3 is 0 Å². The molecule has 9 aliphatic carbocycles. The highest BCUT2D eigenvalue weighted by molar-refractivity contribution is 8.01. The maximum absolute atomic E-state index is 3.12. The van der Waals surface area contributed by atoms with Crippen molar-refractivity contribution >= 4 is 19.0 Å². The van der Waals surface area contributed by atoms with Crippen molar-refractivity contribution in [1.29, 1.82) is 0 Å². The second-order valence-corrected chi connectivity index (χ2v) is 29.6. The molecule has 0 spiro atoms. The van der Waals surface area contributed by atoms with E-state index in [4.69, 9.17) is 0 Å².